The van der Waals surface area contributed by atoms with Gasteiger partial charge in [-0.1, -0.05) is 52.8 Å². The van der Waals surface area contributed by atoms with Crippen molar-refractivity contribution in [1.29, 1.82) is 0 Å². The van der Waals surface area contributed by atoms with Crippen LogP contribution in [0.4, 0.5) is 4.79 Å². The molecule has 1 aliphatic heterocycles. The Morgan fingerprint density at radius 1 is 0.972 bits per heavy atom. The molecule has 0 spiro atoms. The summed E-state index contributed by atoms with van der Waals surface area (Å²) in [6.45, 7) is 10.7. The lowest BCUT2D eigenvalue weighted by Gasteiger charge is -2.40. The Morgan fingerprint density at radius 2 is 1.56 bits per heavy atom. The van der Waals surface area contributed by atoms with Gasteiger partial charge in [-0.3, -0.25) is 14.4 Å². The van der Waals surface area contributed by atoms with Crippen molar-refractivity contribution in [3.05, 3.63) is 35.2 Å². The van der Waals surface area contributed by atoms with Gasteiger partial charge in [0, 0.05) is 30.9 Å². The van der Waals surface area contributed by atoms with Gasteiger partial charge in [0.25, 0.3) is 5.91 Å². The number of benzene rings is 1. The van der Waals surface area contributed by atoms with Crippen LogP contribution in [-0.4, -0.2) is 77.0 Å². The Bertz CT molecular complexity index is 1080. The minimum atomic E-state index is -1.25. The Morgan fingerprint density at radius 3 is 2.08 bits per heavy atom. The molecule has 0 radical (unpaired) electrons. The van der Waals surface area contributed by atoms with E-state index in [9.17, 15) is 19.2 Å². The number of carboxylic acid groups (broad SMARTS) is 1. The zero-order valence-corrected chi connectivity index (χ0v) is 22.4. The predicted octanol–water partition coefficient (Wildman–Crippen LogP) is 3.40. The molecule has 1 unspecified atom stereocenters. The van der Waals surface area contributed by atoms with Gasteiger partial charge in [-0.15, -0.1) is 11.3 Å². The summed E-state index contributed by atoms with van der Waals surface area (Å²) < 4.78 is 1.01. The summed E-state index contributed by atoms with van der Waals surface area (Å²) in [4.78, 5) is 54.5. The van der Waals surface area contributed by atoms with Crippen LogP contribution < -0.4 is 10.6 Å². The molecule has 2 aromatic rings. The third kappa shape index (κ3) is 6.75. The van der Waals surface area contributed by atoms with E-state index in [0.717, 1.165) is 10.1 Å². The summed E-state index contributed by atoms with van der Waals surface area (Å²) in [5.41, 5.74) is -0.596. The molecule has 3 rings (SSSR count). The summed E-state index contributed by atoms with van der Waals surface area (Å²) >= 11 is 1.40. The van der Waals surface area contributed by atoms with Crippen LogP contribution in [0.15, 0.2) is 30.3 Å². The van der Waals surface area contributed by atoms with Crippen LogP contribution in [0.3, 0.4) is 0 Å². The number of amides is 4. The quantitative estimate of drug-likeness (QED) is 0.521. The van der Waals surface area contributed by atoms with Crippen molar-refractivity contribution in [3.8, 4) is 0 Å². The van der Waals surface area contributed by atoms with Crippen molar-refractivity contribution in [1.82, 2.24) is 20.4 Å². The minimum absolute atomic E-state index is 0.165. The third-order valence-electron chi connectivity index (χ3n) is 6.24. The van der Waals surface area contributed by atoms with Gasteiger partial charge in [-0.25, -0.2) is 4.79 Å². The highest BCUT2D eigenvalue weighted by Gasteiger charge is 2.38. The Labute approximate surface area is 215 Å². The van der Waals surface area contributed by atoms with Gasteiger partial charge in [0.15, 0.2) is 0 Å². The van der Waals surface area contributed by atoms with Crippen LogP contribution in [0, 0.1) is 11.3 Å². The van der Waals surface area contributed by atoms with E-state index in [1.807, 2.05) is 44.2 Å². The van der Waals surface area contributed by atoms with E-state index in [1.165, 1.54) is 11.3 Å². The standard InChI is InChI=1S/C26H36N4O5S/c1-16(2)14-18(27-22(31)20-15-17-8-6-7-9-19(17)36-20)23(32)29-10-12-30(13-11-29)24(33)21(26(3,4)5)28-25(34)35/h6-9,15-16,18,21,28H,10-14H2,1-5H3,(H,27,31)(H,34,35)/t18-,21?/m0/s1. The lowest BCUT2D eigenvalue weighted by molar-refractivity contribution is -0.143. The highest BCUT2D eigenvalue weighted by molar-refractivity contribution is 7.20. The van der Waals surface area contributed by atoms with E-state index in [1.54, 1.807) is 30.6 Å². The average molecular weight is 517 g/mol. The summed E-state index contributed by atoms with van der Waals surface area (Å²) in [5, 5.41) is 15.4. The number of fused-ring (bicyclic) bond motifs is 1. The lowest BCUT2D eigenvalue weighted by atomic mass is 9.85. The first-order chi connectivity index (χ1) is 16.9. The summed E-state index contributed by atoms with van der Waals surface area (Å²) in [6, 6.07) is 8.06. The predicted molar refractivity (Wildman–Crippen MR) is 140 cm³/mol. The highest BCUT2D eigenvalue weighted by atomic mass is 32.1. The number of nitrogens with zero attached hydrogens (tertiary/aromatic N) is 2. The maximum atomic E-state index is 13.4. The fourth-order valence-electron chi connectivity index (χ4n) is 4.34. The van der Waals surface area contributed by atoms with Crippen molar-refractivity contribution in [2.24, 2.45) is 11.3 Å². The normalized spacial score (nSPS) is 16.1. The molecule has 3 N–H and O–H groups in total. The van der Waals surface area contributed by atoms with Crippen molar-refractivity contribution < 1.29 is 24.3 Å². The van der Waals surface area contributed by atoms with Gasteiger partial charge in [0.2, 0.25) is 11.8 Å². The van der Waals surface area contributed by atoms with Gasteiger partial charge < -0.3 is 25.5 Å². The van der Waals surface area contributed by atoms with Gasteiger partial charge in [-0.2, -0.15) is 0 Å². The van der Waals surface area contributed by atoms with E-state index in [-0.39, 0.29) is 23.6 Å². The Balaban J connectivity index is 1.66. The average Bonchev–Trinajstić information content (AvgIpc) is 3.25. The molecule has 0 saturated carbocycles. The fourth-order valence-corrected chi connectivity index (χ4v) is 5.30. The fraction of sp³-hybridized carbons (Fsp3) is 0.538. The maximum absolute atomic E-state index is 13.4. The van der Waals surface area contributed by atoms with Crippen LogP contribution >= 0.6 is 11.3 Å². The monoisotopic (exact) mass is 516 g/mol. The highest BCUT2D eigenvalue weighted by Crippen LogP contribution is 2.26. The van der Waals surface area contributed by atoms with Gasteiger partial charge in [0.1, 0.15) is 12.1 Å². The second kappa shape index (κ2) is 11.3. The molecule has 0 bridgehead atoms. The van der Waals surface area contributed by atoms with Gasteiger partial charge >= 0.3 is 6.09 Å². The molecule has 2 atom stereocenters. The lowest BCUT2D eigenvalue weighted by Crippen LogP contribution is -2.60. The molecule has 9 nitrogen and oxygen atoms in total. The summed E-state index contributed by atoms with van der Waals surface area (Å²) in [6.07, 6.45) is -0.744. The number of carbonyl (C=O) groups is 4. The first kappa shape index (κ1) is 27.4. The number of rotatable bonds is 7. The maximum Gasteiger partial charge on any atom is 0.405 e. The van der Waals surface area contributed by atoms with E-state index >= 15 is 0 Å². The van der Waals surface area contributed by atoms with Crippen LogP contribution in [0.5, 0.6) is 0 Å². The first-order valence-electron chi connectivity index (χ1n) is 12.2. The van der Waals surface area contributed by atoms with Gasteiger partial charge in [-0.05, 0) is 35.3 Å². The molecule has 2 heterocycles. The third-order valence-corrected chi connectivity index (χ3v) is 7.36. The SMILES string of the molecule is CC(C)C[C@H](NC(=O)c1cc2ccccc2s1)C(=O)N1CCN(C(=O)C(NC(=O)O)C(C)(C)C)CC1. The number of piperazine rings is 1. The van der Waals surface area contributed by atoms with Crippen molar-refractivity contribution in [2.75, 3.05) is 26.2 Å². The van der Waals surface area contributed by atoms with Crippen molar-refractivity contribution in [3.63, 3.8) is 0 Å². The van der Waals surface area contributed by atoms with Crippen LogP contribution in [0.1, 0.15) is 50.7 Å². The van der Waals surface area contributed by atoms with E-state index in [4.69, 9.17) is 5.11 Å². The second-order valence-corrected chi connectivity index (χ2v) is 11.8. The number of hydrogen-bond acceptors (Lipinski definition) is 5. The second-order valence-electron chi connectivity index (χ2n) is 10.7. The molecule has 1 aliphatic rings. The van der Waals surface area contributed by atoms with Crippen molar-refractivity contribution in [2.45, 2.75) is 53.1 Å². The summed E-state index contributed by atoms with van der Waals surface area (Å²) in [5.74, 6) is -0.536. The van der Waals surface area contributed by atoms with Crippen LogP contribution in [0.2, 0.25) is 0 Å². The zero-order valence-electron chi connectivity index (χ0n) is 21.5. The molecular formula is C26H36N4O5S. The Hall–Kier alpha value is -3.14. The topological polar surface area (TPSA) is 119 Å². The number of nitrogens with one attached hydrogen (secondary N) is 2. The Kier molecular flexibility index (Phi) is 8.60. The molecular weight excluding hydrogens is 480 g/mol. The summed E-state index contributed by atoms with van der Waals surface area (Å²) in [7, 11) is 0. The molecule has 4 amide bonds. The molecule has 1 saturated heterocycles. The minimum Gasteiger partial charge on any atom is -0.465 e. The van der Waals surface area contributed by atoms with Crippen molar-refractivity contribution >= 4 is 45.2 Å². The van der Waals surface area contributed by atoms with Crippen LogP contribution in [0.25, 0.3) is 10.1 Å². The van der Waals surface area contributed by atoms with E-state index in [0.29, 0.717) is 37.5 Å². The van der Waals surface area contributed by atoms with Crippen LogP contribution in [-0.2, 0) is 9.59 Å². The molecule has 196 valence electrons. The number of thiophene rings is 1. The molecule has 10 heteroatoms. The van der Waals surface area contributed by atoms with E-state index < -0.39 is 23.6 Å². The first-order valence-corrected chi connectivity index (χ1v) is 13.0. The smallest absolute Gasteiger partial charge is 0.405 e. The molecule has 1 aromatic carbocycles. The number of hydrogen-bond donors (Lipinski definition) is 3. The van der Waals surface area contributed by atoms with Gasteiger partial charge in [0.05, 0.1) is 4.88 Å². The molecule has 0 aliphatic carbocycles. The largest absolute Gasteiger partial charge is 0.465 e. The van der Waals surface area contributed by atoms with E-state index in [2.05, 4.69) is 10.6 Å². The molecule has 36 heavy (non-hydrogen) atoms. The molecule has 1 aromatic heterocycles. The zero-order chi connectivity index (χ0) is 26.6. The molecule has 1 fully saturated rings. The number of carbonyl (C=O) groups excluding carboxylic acids is 3.